The zero-order valence-corrected chi connectivity index (χ0v) is 10.4. The van der Waals surface area contributed by atoms with Crippen LogP contribution in [0.1, 0.15) is 32.5 Å². The minimum absolute atomic E-state index is 0.326. The van der Waals surface area contributed by atoms with Crippen LogP contribution >= 0.6 is 0 Å². The van der Waals surface area contributed by atoms with Crippen molar-refractivity contribution in [3.63, 3.8) is 0 Å². The van der Waals surface area contributed by atoms with Crippen molar-refractivity contribution in [2.24, 2.45) is 0 Å². The number of nitrogens with zero attached hydrogens (tertiary/aromatic N) is 1. The van der Waals surface area contributed by atoms with Gasteiger partial charge >= 0.3 is 5.97 Å². The summed E-state index contributed by atoms with van der Waals surface area (Å²) in [6, 6.07) is 10.2. The van der Waals surface area contributed by atoms with Crippen molar-refractivity contribution >= 4 is 11.9 Å². The molecular weight excluding hydrogens is 258 g/mol. The first-order valence-electron chi connectivity index (χ1n) is 6.01. The minimum Gasteiger partial charge on any atom is -0.437 e. The van der Waals surface area contributed by atoms with E-state index in [-0.39, 0.29) is 5.91 Å². The standard InChI is InChI=1S/C14H11N3O3/c18-12(9-5-7-15-8-6-9)16-17-13-10-3-1-2-4-11(10)14(19)20-13/h1-8,13,17H,(H,16,18)/t13-/m1/s1. The van der Waals surface area contributed by atoms with Gasteiger partial charge in [-0.2, -0.15) is 5.43 Å². The largest absolute Gasteiger partial charge is 0.437 e. The Morgan fingerprint density at radius 1 is 1.15 bits per heavy atom. The molecule has 0 aliphatic carbocycles. The molecule has 1 aromatic carbocycles. The van der Waals surface area contributed by atoms with Crippen molar-refractivity contribution in [1.29, 1.82) is 0 Å². The van der Waals surface area contributed by atoms with Crippen LogP contribution in [-0.2, 0) is 4.74 Å². The van der Waals surface area contributed by atoms with Crippen molar-refractivity contribution in [1.82, 2.24) is 15.8 Å². The second-order valence-electron chi connectivity index (χ2n) is 4.21. The number of fused-ring (bicyclic) bond motifs is 1. The molecule has 0 bridgehead atoms. The van der Waals surface area contributed by atoms with Crippen LogP contribution in [-0.4, -0.2) is 16.9 Å². The molecule has 2 N–H and O–H groups in total. The quantitative estimate of drug-likeness (QED) is 0.646. The van der Waals surface area contributed by atoms with E-state index in [9.17, 15) is 9.59 Å². The highest BCUT2D eigenvalue weighted by Crippen LogP contribution is 2.27. The molecule has 2 heterocycles. The van der Waals surface area contributed by atoms with Crippen molar-refractivity contribution in [3.05, 3.63) is 65.5 Å². The maximum atomic E-state index is 11.9. The molecule has 0 unspecified atom stereocenters. The van der Waals surface area contributed by atoms with E-state index in [1.54, 1.807) is 36.4 Å². The van der Waals surface area contributed by atoms with Crippen LogP contribution in [0, 0.1) is 0 Å². The summed E-state index contributed by atoms with van der Waals surface area (Å²) in [5.41, 5.74) is 6.88. The van der Waals surface area contributed by atoms with E-state index in [4.69, 9.17) is 4.74 Å². The molecule has 0 saturated heterocycles. The van der Waals surface area contributed by atoms with Gasteiger partial charge in [0.1, 0.15) is 0 Å². The van der Waals surface area contributed by atoms with Crippen LogP contribution in [0.5, 0.6) is 0 Å². The van der Waals surface area contributed by atoms with E-state index < -0.39 is 12.2 Å². The minimum atomic E-state index is -0.676. The SMILES string of the molecule is O=C(NN[C@@H]1OC(=O)c2ccccc21)c1ccncc1. The molecule has 1 aromatic heterocycles. The molecule has 0 radical (unpaired) electrons. The molecule has 0 saturated carbocycles. The summed E-state index contributed by atoms with van der Waals surface area (Å²) < 4.78 is 5.14. The molecule has 20 heavy (non-hydrogen) atoms. The zero-order valence-electron chi connectivity index (χ0n) is 10.4. The van der Waals surface area contributed by atoms with Gasteiger partial charge in [-0.15, -0.1) is 0 Å². The summed E-state index contributed by atoms with van der Waals surface area (Å²) in [5.74, 6) is -0.732. The Labute approximate surface area is 114 Å². The number of hydrogen-bond acceptors (Lipinski definition) is 5. The average Bonchev–Trinajstić information content (AvgIpc) is 2.83. The Kier molecular flexibility index (Phi) is 3.14. The van der Waals surface area contributed by atoms with Crippen molar-refractivity contribution in [2.45, 2.75) is 6.23 Å². The predicted octanol–water partition coefficient (Wildman–Crippen LogP) is 1.19. The first-order chi connectivity index (χ1) is 9.75. The number of rotatable bonds is 3. The normalized spacial score (nSPS) is 16.4. The summed E-state index contributed by atoms with van der Waals surface area (Å²) in [6.07, 6.45) is 2.38. The Morgan fingerprint density at radius 3 is 2.70 bits per heavy atom. The zero-order chi connectivity index (χ0) is 13.9. The highest BCUT2D eigenvalue weighted by atomic mass is 16.6. The maximum Gasteiger partial charge on any atom is 0.340 e. The third-order valence-corrected chi connectivity index (χ3v) is 2.95. The van der Waals surface area contributed by atoms with E-state index in [2.05, 4.69) is 15.8 Å². The Balaban J connectivity index is 1.69. The monoisotopic (exact) mass is 269 g/mol. The van der Waals surface area contributed by atoms with E-state index in [1.807, 2.05) is 0 Å². The number of benzene rings is 1. The van der Waals surface area contributed by atoms with Crippen LogP contribution < -0.4 is 10.9 Å². The van der Waals surface area contributed by atoms with Crippen LogP contribution in [0.15, 0.2) is 48.8 Å². The Hall–Kier alpha value is -2.73. The summed E-state index contributed by atoms with van der Waals surface area (Å²) in [6.45, 7) is 0. The molecule has 0 fully saturated rings. The van der Waals surface area contributed by atoms with Gasteiger partial charge < -0.3 is 4.74 Å². The smallest absolute Gasteiger partial charge is 0.340 e. The fourth-order valence-corrected chi connectivity index (χ4v) is 1.96. The number of carbonyl (C=O) groups excluding carboxylic acids is 2. The van der Waals surface area contributed by atoms with Crippen LogP contribution in [0.25, 0.3) is 0 Å². The van der Waals surface area contributed by atoms with Gasteiger partial charge in [-0.05, 0) is 18.2 Å². The summed E-state index contributed by atoms with van der Waals surface area (Å²) in [7, 11) is 0. The van der Waals surface area contributed by atoms with Gasteiger partial charge in [0.25, 0.3) is 5.91 Å². The molecule has 1 amide bonds. The summed E-state index contributed by atoms with van der Waals surface area (Å²) in [5, 5.41) is 0. The first-order valence-corrected chi connectivity index (χ1v) is 6.01. The summed E-state index contributed by atoms with van der Waals surface area (Å²) >= 11 is 0. The fraction of sp³-hybridized carbons (Fsp3) is 0.0714. The molecule has 6 heteroatoms. The van der Waals surface area contributed by atoms with Crippen LogP contribution in [0.3, 0.4) is 0 Å². The lowest BCUT2D eigenvalue weighted by Gasteiger charge is -2.13. The predicted molar refractivity (Wildman–Crippen MR) is 69.4 cm³/mol. The Morgan fingerprint density at radius 2 is 1.90 bits per heavy atom. The van der Waals surface area contributed by atoms with Gasteiger partial charge in [0.15, 0.2) is 6.23 Å². The number of esters is 1. The molecule has 1 aliphatic heterocycles. The third kappa shape index (κ3) is 2.24. The lowest BCUT2D eigenvalue weighted by Crippen LogP contribution is -2.40. The van der Waals surface area contributed by atoms with Gasteiger partial charge in [0.05, 0.1) is 5.56 Å². The molecule has 1 aliphatic rings. The first kappa shape index (κ1) is 12.3. The number of cyclic esters (lactones) is 1. The third-order valence-electron chi connectivity index (χ3n) is 2.95. The van der Waals surface area contributed by atoms with E-state index in [0.29, 0.717) is 16.7 Å². The van der Waals surface area contributed by atoms with Crippen LogP contribution in [0.4, 0.5) is 0 Å². The fourth-order valence-electron chi connectivity index (χ4n) is 1.96. The number of pyridine rings is 1. The van der Waals surface area contributed by atoms with E-state index in [0.717, 1.165) is 0 Å². The van der Waals surface area contributed by atoms with Gasteiger partial charge in [-0.3, -0.25) is 15.2 Å². The van der Waals surface area contributed by atoms with Crippen LogP contribution in [0.2, 0.25) is 0 Å². The van der Waals surface area contributed by atoms with Crippen molar-refractivity contribution < 1.29 is 14.3 Å². The lowest BCUT2D eigenvalue weighted by atomic mass is 10.1. The molecular formula is C14H11N3O3. The lowest BCUT2D eigenvalue weighted by molar-refractivity contribution is 0.0261. The summed E-state index contributed by atoms with van der Waals surface area (Å²) in [4.78, 5) is 27.3. The van der Waals surface area contributed by atoms with Gasteiger partial charge in [-0.25, -0.2) is 4.79 Å². The van der Waals surface area contributed by atoms with Gasteiger partial charge in [0.2, 0.25) is 0 Å². The number of amides is 1. The highest BCUT2D eigenvalue weighted by Gasteiger charge is 2.30. The number of carbonyl (C=O) groups is 2. The number of aromatic nitrogens is 1. The highest BCUT2D eigenvalue weighted by molar-refractivity contribution is 5.95. The molecule has 1 atom stereocenters. The maximum absolute atomic E-state index is 11.9. The van der Waals surface area contributed by atoms with E-state index >= 15 is 0 Å². The van der Waals surface area contributed by atoms with Gasteiger partial charge in [-0.1, -0.05) is 18.2 Å². The number of ether oxygens (including phenoxy) is 1. The van der Waals surface area contributed by atoms with Crippen molar-refractivity contribution in [2.75, 3.05) is 0 Å². The number of nitrogens with one attached hydrogen (secondary N) is 2. The Bertz CT molecular complexity index is 658. The average molecular weight is 269 g/mol. The molecule has 100 valence electrons. The number of hydrogen-bond donors (Lipinski definition) is 2. The second-order valence-corrected chi connectivity index (χ2v) is 4.21. The van der Waals surface area contributed by atoms with Crippen molar-refractivity contribution in [3.8, 4) is 0 Å². The molecule has 6 nitrogen and oxygen atoms in total. The van der Waals surface area contributed by atoms with E-state index in [1.165, 1.54) is 12.4 Å². The molecule has 2 aromatic rings. The molecule has 0 spiro atoms. The molecule has 3 rings (SSSR count). The van der Waals surface area contributed by atoms with Gasteiger partial charge in [0, 0.05) is 23.5 Å². The second kappa shape index (κ2) is 5.10. The topological polar surface area (TPSA) is 80.3 Å². The number of hydrazine groups is 1.